The minimum absolute atomic E-state index is 0.191. The molecule has 2 aliphatic rings. The summed E-state index contributed by atoms with van der Waals surface area (Å²) in [6, 6.07) is 0.223. The first-order valence-electron chi connectivity index (χ1n) is 7.06. The van der Waals surface area contributed by atoms with Crippen LogP contribution >= 0.6 is 0 Å². The number of hydrogen-bond donors (Lipinski definition) is 1. The molecular weight excluding hydrogens is 264 g/mol. The quantitative estimate of drug-likeness (QED) is 0.824. The summed E-state index contributed by atoms with van der Waals surface area (Å²) in [5.74, 6) is -0.191. The molecule has 110 valence electrons. The summed E-state index contributed by atoms with van der Waals surface area (Å²) >= 11 is 0. The molecule has 1 aliphatic carbocycles. The van der Waals surface area contributed by atoms with Crippen molar-refractivity contribution >= 4 is 15.7 Å². The van der Waals surface area contributed by atoms with Gasteiger partial charge in [-0.15, -0.1) is 0 Å². The van der Waals surface area contributed by atoms with Crippen molar-refractivity contribution in [3.63, 3.8) is 0 Å². The highest BCUT2D eigenvalue weighted by Crippen LogP contribution is 2.32. The van der Waals surface area contributed by atoms with Gasteiger partial charge in [-0.2, -0.15) is 0 Å². The van der Waals surface area contributed by atoms with Gasteiger partial charge >= 0.3 is 0 Å². The third-order valence-corrected chi connectivity index (χ3v) is 6.71. The maximum atomic E-state index is 12.8. The Labute approximate surface area is 115 Å². The highest BCUT2D eigenvalue weighted by Gasteiger charge is 2.50. The van der Waals surface area contributed by atoms with Crippen LogP contribution in [0.4, 0.5) is 0 Å². The van der Waals surface area contributed by atoms with Gasteiger partial charge in [-0.05, 0) is 38.8 Å². The number of piperidine rings is 1. The van der Waals surface area contributed by atoms with Crippen molar-refractivity contribution in [2.75, 3.05) is 26.4 Å². The van der Waals surface area contributed by atoms with E-state index in [2.05, 4.69) is 5.32 Å². The average Bonchev–Trinajstić information content (AvgIpc) is 2.90. The highest BCUT2D eigenvalue weighted by atomic mass is 32.2. The summed E-state index contributed by atoms with van der Waals surface area (Å²) in [4.78, 5) is 14.5. The van der Waals surface area contributed by atoms with Gasteiger partial charge in [0.15, 0.2) is 14.6 Å². The highest BCUT2D eigenvalue weighted by molar-refractivity contribution is 7.92. The number of amides is 1. The van der Waals surface area contributed by atoms with E-state index in [1.54, 1.807) is 11.9 Å². The van der Waals surface area contributed by atoms with Crippen LogP contribution in [-0.2, 0) is 14.6 Å². The number of hydrogen-bond acceptors (Lipinski definition) is 4. The molecule has 0 bridgehead atoms. The Bertz CT molecular complexity index is 435. The number of sulfone groups is 1. The predicted molar refractivity (Wildman–Crippen MR) is 74.7 cm³/mol. The largest absolute Gasteiger partial charge is 0.341 e. The standard InChI is InChI=1S/C13H24N2O3S/c1-15(11-5-3-4-6-11)12(16)13(19(2,17)18)7-9-14-10-8-13/h11,14H,3-10H2,1-2H3. The fourth-order valence-corrected chi connectivity index (χ4v) is 4.76. The van der Waals surface area contributed by atoms with E-state index < -0.39 is 14.6 Å². The first kappa shape index (κ1) is 14.8. The van der Waals surface area contributed by atoms with Gasteiger partial charge in [0.05, 0.1) is 0 Å². The van der Waals surface area contributed by atoms with Crippen LogP contribution in [0.3, 0.4) is 0 Å². The fraction of sp³-hybridized carbons (Fsp3) is 0.923. The van der Waals surface area contributed by atoms with E-state index in [0.29, 0.717) is 25.9 Å². The van der Waals surface area contributed by atoms with E-state index in [1.165, 1.54) is 6.26 Å². The molecule has 1 heterocycles. The van der Waals surface area contributed by atoms with Gasteiger partial charge in [-0.25, -0.2) is 8.42 Å². The molecule has 0 unspecified atom stereocenters. The smallest absolute Gasteiger partial charge is 0.244 e. The monoisotopic (exact) mass is 288 g/mol. The molecule has 0 spiro atoms. The van der Waals surface area contributed by atoms with Crippen molar-refractivity contribution in [1.29, 1.82) is 0 Å². The normalized spacial score (nSPS) is 24.3. The van der Waals surface area contributed by atoms with E-state index >= 15 is 0 Å². The molecule has 1 aliphatic heterocycles. The maximum absolute atomic E-state index is 12.8. The number of carbonyl (C=O) groups is 1. The lowest BCUT2D eigenvalue weighted by Gasteiger charge is -2.39. The van der Waals surface area contributed by atoms with Gasteiger partial charge in [0.2, 0.25) is 5.91 Å². The van der Waals surface area contributed by atoms with Crippen molar-refractivity contribution in [3.05, 3.63) is 0 Å². The summed E-state index contributed by atoms with van der Waals surface area (Å²) in [5, 5.41) is 3.14. The molecule has 1 N–H and O–H groups in total. The number of rotatable bonds is 3. The lowest BCUT2D eigenvalue weighted by molar-refractivity contribution is -0.135. The summed E-state index contributed by atoms with van der Waals surface area (Å²) in [7, 11) is -1.62. The summed E-state index contributed by atoms with van der Waals surface area (Å²) in [5.41, 5.74) is 0. The Balaban J connectivity index is 2.25. The average molecular weight is 288 g/mol. The molecular formula is C13H24N2O3S. The lowest BCUT2D eigenvalue weighted by Crippen LogP contribution is -2.58. The zero-order valence-electron chi connectivity index (χ0n) is 11.8. The van der Waals surface area contributed by atoms with E-state index in [-0.39, 0.29) is 11.9 Å². The van der Waals surface area contributed by atoms with Crippen LogP contribution in [-0.4, -0.2) is 56.4 Å². The summed E-state index contributed by atoms with van der Waals surface area (Å²) in [6.07, 6.45) is 6.26. The first-order chi connectivity index (χ1) is 8.88. The topological polar surface area (TPSA) is 66.5 Å². The van der Waals surface area contributed by atoms with E-state index in [4.69, 9.17) is 0 Å². The third kappa shape index (κ3) is 2.65. The van der Waals surface area contributed by atoms with Crippen LogP contribution in [0.5, 0.6) is 0 Å². The SMILES string of the molecule is CN(C(=O)C1(S(C)(=O)=O)CCNCC1)C1CCCC1. The Morgan fingerprint density at radius 2 is 1.74 bits per heavy atom. The molecule has 2 rings (SSSR count). The minimum atomic E-state index is -3.39. The van der Waals surface area contributed by atoms with E-state index in [0.717, 1.165) is 25.7 Å². The van der Waals surface area contributed by atoms with Crippen molar-refractivity contribution in [2.24, 2.45) is 0 Å². The molecule has 1 amide bonds. The molecule has 0 atom stereocenters. The Morgan fingerprint density at radius 3 is 2.21 bits per heavy atom. The molecule has 1 saturated carbocycles. The van der Waals surface area contributed by atoms with Gasteiger partial charge in [0, 0.05) is 19.3 Å². The predicted octanol–water partition coefficient (Wildman–Crippen LogP) is 0.554. The number of carbonyl (C=O) groups excluding carboxylic acids is 1. The lowest BCUT2D eigenvalue weighted by atomic mass is 9.94. The van der Waals surface area contributed by atoms with Gasteiger partial charge in [-0.3, -0.25) is 4.79 Å². The summed E-state index contributed by atoms with van der Waals surface area (Å²) < 4.78 is 23.2. The zero-order chi connectivity index (χ0) is 14.1. The summed E-state index contributed by atoms with van der Waals surface area (Å²) in [6.45, 7) is 1.19. The van der Waals surface area contributed by atoms with Gasteiger partial charge in [-0.1, -0.05) is 12.8 Å². The van der Waals surface area contributed by atoms with E-state index in [1.807, 2.05) is 0 Å². The van der Waals surface area contributed by atoms with Crippen molar-refractivity contribution in [1.82, 2.24) is 10.2 Å². The number of nitrogens with zero attached hydrogens (tertiary/aromatic N) is 1. The molecule has 2 fully saturated rings. The number of nitrogens with one attached hydrogen (secondary N) is 1. The molecule has 6 heteroatoms. The van der Waals surface area contributed by atoms with Crippen molar-refractivity contribution in [2.45, 2.75) is 49.3 Å². The molecule has 0 aromatic heterocycles. The molecule has 0 radical (unpaired) electrons. The molecule has 0 aromatic rings. The van der Waals surface area contributed by atoms with Crippen LogP contribution < -0.4 is 5.32 Å². The van der Waals surface area contributed by atoms with Crippen molar-refractivity contribution in [3.8, 4) is 0 Å². The Morgan fingerprint density at radius 1 is 1.21 bits per heavy atom. The maximum Gasteiger partial charge on any atom is 0.244 e. The molecule has 1 saturated heterocycles. The van der Waals surface area contributed by atoms with Crippen LogP contribution in [0.1, 0.15) is 38.5 Å². The minimum Gasteiger partial charge on any atom is -0.341 e. The zero-order valence-corrected chi connectivity index (χ0v) is 12.6. The van der Waals surface area contributed by atoms with Gasteiger partial charge in [0.25, 0.3) is 0 Å². The van der Waals surface area contributed by atoms with Crippen LogP contribution in [0.15, 0.2) is 0 Å². The second-order valence-corrected chi connectivity index (χ2v) is 8.20. The Hall–Kier alpha value is -0.620. The fourth-order valence-electron chi connectivity index (χ4n) is 3.35. The van der Waals surface area contributed by atoms with Gasteiger partial charge < -0.3 is 10.2 Å². The second kappa shape index (κ2) is 5.40. The van der Waals surface area contributed by atoms with Crippen molar-refractivity contribution < 1.29 is 13.2 Å². The molecule has 5 nitrogen and oxygen atoms in total. The Kier molecular flexibility index (Phi) is 4.20. The van der Waals surface area contributed by atoms with Crippen LogP contribution in [0.25, 0.3) is 0 Å². The van der Waals surface area contributed by atoms with Gasteiger partial charge in [0.1, 0.15) is 0 Å². The third-order valence-electron chi connectivity index (χ3n) is 4.70. The van der Waals surface area contributed by atoms with E-state index in [9.17, 15) is 13.2 Å². The second-order valence-electron chi connectivity index (χ2n) is 5.87. The molecule has 0 aromatic carbocycles. The van der Waals surface area contributed by atoms with Crippen LogP contribution in [0, 0.1) is 0 Å². The van der Waals surface area contributed by atoms with Crippen LogP contribution in [0.2, 0.25) is 0 Å². The first-order valence-corrected chi connectivity index (χ1v) is 8.95. The molecule has 19 heavy (non-hydrogen) atoms.